The molecule has 1 aromatic heterocycles. The summed E-state index contributed by atoms with van der Waals surface area (Å²) in [6.07, 6.45) is 0. The van der Waals surface area contributed by atoms with E-state index in [1.165, 1.54) is 34.8 Å². The van der Waals surface area contributed by atoms with Crippen LogP contribution >= 0.6 is 38.9 Å². The molecule has 0 fully saturated rings. The summed E-state index contributed by atoms with van der Waals surface area (Å²) >= 11 is 10.8. The molecule has 0 aliphatic carbocycles. The van der Waals surface area contributed by atoms with Gasteiger partial charge in [0.2, 0.25) is 10.0 Å². The highest BCUT2D eigenvalue weighted by Gasteiger charge is 2.24. The molecular weight excluding hydrogens is 384 g/mol. The first-order chi connectivity index (χ1) is 9.30. The van der Waals surface area contributed by atoms with Crippen LogP contribution in [0, 0.1) is 0 Å². The molecule has 0 aliphatic rings. The van der Waals surface area contributed by atoms with E-state index in [0.29, 0.717) is 5.69 Å². The summed E-state index contributed by atoms with van der Waals surface area (Å²) in [4.78, 5) is 0.0240. The third-order valence-corrected chi connectivity index (χ3v) is 6.51. The Morgan fingerprint density at radius 1 is 1.40 bits per heavy atom. The van der Waals surface area contributed by atoms with Crippen molar-refractivity contribution in [1.82, 2.24) is 4.31 Å². The Labute approximate surface area is 135 Å². The molecule has 20 heavy (non-hydrogen) atoms. The number of nitrogen functional groups attached to an aromatic ring is 1. The van der Waals surface area contributed by atoms with Gasteiger partial charge < -0.3 is 5.73 Å². The smallest absolute Gasteiger partial charge is 0.244 e. The van der Waals surface area contributed by atoms with Crippen LogP contribution in [0.15, 0.2) is 38.3 Å². The van der Waals surface area contributed by atoms with E-state index in [-0.39, 0.29) is 16.5 Å². The van der Waals surface area contributed by atoms with E-state index in [0.717, 1.165) is 9.35 Å². The maximum Gasteiger partial charge on any atom is 0.244 e. The topological polar surface area (TPSA) is 63.4 Å². The minimum absolute atomic E-state index is 0.0240. The summed E-state index contributed by atoms with van der Waals surface area (Å²) in [5.74, 6) is 0. The Morgan fingerprint density at radius 3 is 2.70 bits per heavy atom. The van der Waals surface area contributed by atoms with E-state index in [1.807, 2.05) is 11.4 Å². The second-order valence-corrected chi connectivity index (χ2v) is 8.92. The third kappa shape index (κ3) is 3.35. The predicted octanol–water partition coefficient (Wildman–Crippen LogP) is 3.57. The van der Waals surface area contributed by atoms with Gasteiger partial charge in [-0.25, -0.2) is 8.42 Å². The fourth-order valence-electron chi connectivity index (χ4n) is 1.66. The first-order valence-corrected chi connectivity index (χ1v) is 9.04. The fourth-order valence-corrected chi connectivity index (χ4v) is 4.52. The van der Waals surface area contributed by atoms with Gasteiger partial charge in [0.05, 0.1) is 8.81 Å². The normalized spacial score (nSPS) is 12.0. The molecule has 0 spiro atoms. The van der Waals surface area contributed by atoms with Crippen molar-refractivity contribution in [3.05, 3.63) is 44.0 Å². The average molecular weight is 396 g/mol. The lowest BCUT2D eigenvalue weighted by molar-refractivity contribution is 0.467. The summed E-state index contributed by atoms with van der Waals surface area (Å²) in [7, 11) is -2.16. The van der Waals surface area contributed by atoms with E-state index in [4.69, 9.17) is 17.3 Å². The molecule has 0 unspecified atom stereocenters. The van der Waals surface area contributed by atoms with Crippen molar-refractivity contribution in [2.24, 2.45) is 0 Å². The van der Waals surface area contributed by atoms with Gasteiger partial charge in [0, 0.05) is 19.3 Å². The van der Waals surface area contributed by atoms with Crippen LogP contribution < -0.4 is 5.73 Å². The van der Waals surface area contributed by atoms with Gasteiger partial charge in [-0.2, -0.15) is 4.31 Å². The van der Waals surface area contributed by atoms with Gasteiger partial charge >= 0.3 is 0 Å². The van der Waals surface area contributed by atoms with Gasteiger partial charge in [0.1, 0.15) is 4.90 Å². The molecule has 2 N–H and O–H groups in total. The van der Waals surface area contributed by atoms with E-state index in [1.54, 1.807) is 6.07 Å². The number of nitrogens with zero attached hydrogens (tertiary/aromatic N) is 1. The summed E-state index contributed by atoms with van der Waals surface area (Å²) in [6, 6.07) is 6.31. The van der Waals surface area contributed by atoms with Crippen molar-refractivity contribution in [1.29, 1.82) is 0 Å². The van der Waals surface area contributed by atoms with Gasteiger partial charge in [-0.05, 0) is 51.1 Å². The summed E-state index contributed by atoms with van der Waals surface area (Å²) in [6.45, 7) is 0.273. The molecule has 1 heterocycles. The molecule has 108 valence electrons. The number of sulfonamides is 1. The first-order valence-electron chi connectivity index (χ1n) is 5.55. The zero-order valence-electron chi connectivity index (χ0n) is 10.5. The molecule has 4 nitrogen and oxygen atoms in total. The number of halogens is 2. The molecule has 0 atom stereocenters. The number of anilines is 1. The Morgan fingerprint density at radius 2 is 2.10 bits per heavy atom. The van der Waals surface area contributed by atoms with E-state index in [2.05, 4.69) is 15.9 Å². The van der Waals surface area contributed by atoms with Crippen LogP contribution in [0.5, 0.6) is 0 Å². The van der Waals surface area contributed by atoms with Gasteiger partial charge in [-0.15, -0.1) is 11.3 Å². The Balaban J connectivity index is 2.32. The largest absolute Gasteiger partial charge is 0.399 e. The highest BCUT2D eigenvalue weighted by atomic mass is 79.9. The lowest BCUT2D eigenvalue weighted by Gasteiger charge is -2.17. The lowest BCUT2D eigenvalue weighted by Crippen LogP contribution is -2.26. The maximum atomic E-state index is 12.5. The molecule has 2 aromatic rings. The molecule has 0 saturated carbocycles. The first kappa shape index (κ1) is 15.8. The van der Waals surface area contributed by atoms with Crippen LogP contribution in [0.1, 0.15) is 5.56 Å². The van der Waals surface area contributed by atoms with E-state index in [9.17, 15) is 8.42 Å². The van der Waals surface area contributed by atoms with Crippen molar-refractivity contribution in [3.63, 3.8) is 0 Å². The molecule has 2 rings (SSSR count). The van der Waals surface area contributed by atoms with Crippen molar-refractivity contribution in [3.8, 4) is 0 Å². The van der Waals surface area contributed by atoms with E-state index < -0.39 is 10.0 Å². The van der Waals surface area contributed by atoms with Crippen molar-refractivity contribution in [2.45, 2.75) is 11.4 Å². The summed E-state index contributed by atoms with van der Waals surface area (Å²) < 4.78 is 27.2. The molecule has 0 saturated heterocycles. The number of rotatable bonds is 4. The standard InChI is InChI=1S/C12H12BrClN2O2S2/c1-16(6-8-4-12(13)19-7-8)20(17,18)11-5-9(15)2-3-10(11)14/h2-5,7H,6,15H2,1H3. The number of thiophene rings is 1. The van der Waals surface area contributed by atoms with Gasteiger partial charge in [0.25, 0.3) is 0 Å². The monoisotopic (exact) mass is 394 g/mol. The van der Waals surface area contributed by atoms with Crippen molar-refractivity contribution in [2.75, 3.05) is 12.8 Å². The molecule has 8 heteroatoms. The lowest BCUT2D eigenvalue weighted by atomic mass is 10.3. The zero-order chi connectivity index (χ0) is 14.9. The van der Waals surface area contributed by atoms with Crippen LogP contribution in [0.25, 0.3) is 0 Å². The second-order valence-electron chi connectivity index (χ2n) is 4.21. The quantitative estimate of drug-likeness (QED) is 0.805. The Kier molecular flexibility index (Phi) is 4.76. The zero-order valence-corrected chi connectivity index (χ0v) is 14.5. The van der Waals surface area contributed by atoms with Crippen LogP contribution in [0.4, 0.5) is 5.69 Å². The van der Waals surface area contributed by atoms with Crippen LogP contribution in [0.2, 0.25) is 5.02 Å². The summed E-state index contributed by atoms with van der Waals surface area (Å²) in [5.41, 5.74) is 6.91. The number of hydrogen-bond acceptors (Lipinski definition) is 4. The van der Waals surface area contributed by atoms with Crippen molar-refractivity contribution < 1.29 is 8.42 Å². The van der Waals surface area contributed by atoms with Gasteiger partial charge in [-0.1, -0.05) is 11.6 Å². The molecule has 1 aromatic carbocycles. The van der Waals surface area contributed by atoms with Crippen LogP contribution in [-0.4, -0.2) is 19.8 Å². The van der Waals surface area contributed by atoms with Gasteiger partial charge in [-0.3, -0.25) is 0 Å². The van der Waals surface area contributed by atoms with Crippen molar-refractivity contribution >= 4 is 54.6 Å². The van der Waals surface area contributed by atoms with Crippen LogP contribution in [-0.2, 0) is 16.6 Å². The van der Waals surface area contributed by atoms with Gasteiger partial charge in [0.15, 0.2) is 0 Å². The number of hydrogen-bond donors (Lipinski definition) is 1. The molecule has 0 aliphatic heterocycles. The second kappa shape index (κ2) is 6.03. The molecular formula is C12H12BrClN2O2S2. The van der Waals surface area contributed by atoms with Crippen LogP contribution in [0.3, 0.4) is 0 Å². The number of benzene rings is 1. The Hall–Kier alpha value is -0.600. The van der Waals surface area contributed by atoms with E-state index >= 15 is 0 Å². The number of nitrogens with two attached hydrogens (primary N) is 1. The predicted molar refractivity (Wildman–Crippen MR) is 86.5 cm³/mol. The minimum Gasteiger partial charge on any atom is -0.399 e. The fraction of sp³-hybridized carbons (Fsp3) is 0.167. The maximum absolute atomic E-state index is 12.5. The average Bonchev–Trinajstić information content (AvgIpc) is 2.77. The SMILES string of the molecule is CN(Cc1csc(Br)c1)S(=O)(=O)c1cc(N)ccc1Cl. The summed E-state index contributed by atoms with van der Waals surface area (Å²) in [5, 5.41) is 2.06. The highest BCUT2D eigenvalue weighted by Crippen LogP contribution is 2.28. The Bertz CT molecular complexity index is 731. The molecule has 0 bridgehead atoms. The third-order valence-electron chi connectivity index (χ3n) is 2.67. The minimum atomic E-state index is -3.67. The molecule has 0 amide bonds. The molecule has 0 radical (unpaired) electrons. The highest BCUT2D eigenvalue weighted by molar-refractivity contribution is 9.11.